The van der Waals surface area contributed by atoms with Crippen molar-refractivity contribution in [2.45, 2.75) is 13.0 Å². The fraction of sp³-hybridized carbons (Fsp3) is 0.600. The van der Waals surface area contributed by atoms with E-state index in [0.29, 0.717) is 0 Å². The Morgan fingerprint density at radius 1 is 1.90 bits per heavy atom. The van der Waals surface area contributed by atoms with Crippen LogP contribution in [0.2, 0.25) is 0 Å². The van der Waals surface area contributed by atoms with E-state index in [-0.39, 0.29) is 12.9 Å². The van der Waals surface area contributed by atoms with E-state index in [2.05, 4.69) is 9.85 Å². The van der Waals surface area contributed by atoms with Crippen molar-refractivity contribution in [3.8, 4) is 0 Å². The van der Waals surface area contributed by atoms with Crippen molar-refractivity contribution in [3.05, 3.63) is 0 Å². The molecule has 0 aromatic carbocycles. The van der Waals surface area contributed by atoms with E-state index >= 15 is 0 Å². The molecule has 0 spiro atoms. The first-order valence-corrected chi connectivity index (χ1v) is 2.74. The molecule has 0 aromatic heterocycles. The van der Waals surface area contributed by atoms with E-state index in [1.807, 2.05) is 0 Å². The highest BCUT2D eigenvalue weighted by molar-refractivity contribution is 5.92. The summed E-state index contributed by atoms with van der Waals surface area (Å²) in [5.74, 6) is -0.771. The van der Waals surface area contributed by atoms with Crippen LogP contribution in [0.4, 0.5) is 0 Å². The van der Waals surface area contributed by atoms with Gasteiger partial charge in [-0.2, -0.15) is 5.11 Å². The third-order valence-electron chi connectivity index (χ3n) is 0.796. The molecule has 0 saturated heterocycles. The summed E-state index contributed by atoms with van der Waals surface area (Å²) in [4.78, 5) is 20.5. The van der Waals surface area contributed by atoms with Gasteiger partial charge in [0.15, 0.2) is 6.29 Å². The zero-order valence-electron chi connectivity index (χ0n) is 5.53. The third kappa shape index (κ3) is 2.34. The molecule has 0 aliphatic heterocycles. The molecule has 0 heterocycles. The predicted molar refractivity (Wildman–Crippen MR) is 31.6 cm³/mol. The molecule has 0 aliphatic rings. The maximum atomic E-state index is 10.5. The lowest BCUT2D eigenvalue weighted by molar-refractivity contribution is -0.145. The van der Waals surface area contributed by atoms with E-state index in [1.54, 1.807) is 6.92 Å². The molecule has 56 valence electrons. The van der Waals surface area contributed by atoms with E-state index in [1.165, 1.54) is 0 Å². The summed E-state index contributed by atoms with van der Waals surface area (Å²) in [6.45, 7) is 1.81. The van der Waals surface area contributed by atoms with Gasteiger partial charge in [0, 0.05) is 0 Å². The number of carbonyl (C=O) groups excluding carboxylic acids is 2. The summed E-state index contributed by atoms with van der Waals surface area (Å²) < 4.78 is 4.40. The van der Waals surface area contributed by atoms with Gasteiger partial charge in [0.2, 0.25) is 6.04 Å². The first-order chi connectivity index (χ1) is 4.76. The van der Waals surface area contributed by atoms with Gasteiger partial charge in [0.1, 0.15) is 0 Å². The van der Waals surface area contributed by atoms with Crippen molar-refractivity contribution in [2.75, 3.05) is 6.61 Å². The second-order valence-electron chi connectivity index (χ2n) is 1.46. The Morgan fingerprint density at radius 3 is 2.80 bits per heavy atom. The van der Waals surface area contributed by atoms with Gasteiger partial charge in [0.25, 0.3) is 0 Å². The largest absolute Gasteiger partial charge is 0.464 e. The number of rotatable bonds is 4. The average Bonchev–Trinajstić information content (AvgIpc) is 1.91. The van der Waals surface area contributed by atoms with E-state index in [4.69, 9.17) is 5.53 Å². The van der Waals surface area contributed by atoms with Crippen LogP contribution in [-0.2, 0) is 14.3 Å². The van der Waals surface area contributed by atoms with Crippen molar-refractivity contribution in [3.63, 3.8) is 0 Å². The molecular weight excluding hydrogens is 136 g/mol. The minimum absolute atomic E-state index is 0.193. The third-order valence-corrected chi connectivity index (χ3v) is 0.796. The maximum Gasteiger partial charge on any atom is 0.340 e. The lowest BCUT2D eigenvalue weighted by Gasteiger charge is -2.00. The Kier molecular flexibility index (Phi) is 4.02. The second kappa shape index (κ2) is 4.60. The Balaban J connectivity index is 3.88. The van der Waals surface area contributed by atoms with Crippen molar-refractivity contribution >= 4 is 12.3 Å². The summed E-state index contributed by atoms with van der Waals surface area (Å²) in [6, 6.07) is -1.28. The van der Waals surface area contributed by atoms with Gasteiger partial charge in [0.05, 0.1) is 6.61 Å². The zero-order valence-corrected chi connectivity index (χ0v) is 5.53. The summed E-state index contributed by atoms with van der Waals surface area (Å²) in [7, 11) is 0. The van der Waals surface area contributed by atoms with E-state index in [9.17, 15) is 9.59 Å². The number of nitrogens with one attached hydrogen (secondary N) is 1. The molecule has 0 saturated carbocycles. The molecule has 0 rings (SSSR count). The molecule has 0 radical (unpaired) electrons. The summed E-state index contributed by atoms with van der Waals surface area (Å²) in [5.41, 5.74) is 6.36. The predicted octanol–water partition coefficient (Wildman–Crippen LogP) is 0.148. The monoisotopic (exact) mass is 144 g/mol. The molecule has 1 N–H and O–H groups in total. The Morgan fingerprint density at radius 2 is 2.50 bits per heavy atom. The van der Waals surface area contributed by atoms with Crippen molar-refractivity contribution in [1.29, 1.82) is 5.53 Å². The highest BCUT2D eigenvalue weighted by Gasteiger charge is 2.16. The lowest BCUT2D eigenvalue weighted by atomic mass is 10.4. The smallest absolute Gasteiger partial charge is 0.340 e. The van der Waals surface area contributed by atoms with Gasteiger partial charge in [-0.25, -0.2) is 10.3 Å². The van der Waals surface area contributed by atoms with Crippen molar-refractivity contribution in [1.82, 2.24) is 0 Å². The molecular formula is C5H8N2O3. The van der Waals surface area contributed by atoms with Crippen LogP contribution < -0.4 is 0 Å². The molecule has 0 fully saturated rings. The minimum Gasteiger partial charge on any atom is -0.464 e. The van der Waals surface area contributed by atoms with Crippen LogP contribution in [0, 0.1) is 5.53 Å². The minimum atomic E-state index is -1.28. The normalized spacial score (nSPS) is 11.7. The quantitative estimate of drug-likeness (QED) is 0.264. The highest BCUT2D eigenvalue weighted by Crippen LogP contribution is 1.89. The zero-order chi connectivity index (χ0) is 7.98. The van der Waals surface area contributed by atoms with Gasteiger partial charge in [-0.05, 0) is 6.92 Å². The summed E-state index contributed by atoms with van der Waals surface area (Å²) >= 11 is 0. The average molecular weight is 144 g/mol. The Hall–Kier alpha value is -1.26. The van der Waals surface area contributed by atoms with Crippen LogP contribution in [0.5, 0.6) is 0 Å². The fourth-order valence-corrected chi connectivity index (χ4v) is 0.366. The lowest BCUT2D eigenvalue weighted by Crippen LogP contribution is -2.22. The molecule has 0 aromatic rings. The number of hydrogen-bond donors (Lipinski definition) is 1. The van der Waals surface area contributed by atoms with E-state index < -0.39 is 12.0 Å². The molecule has 0 bridgehead atoms. The summed E-state index contributed by atoms with van der Waals surface area (Å²) in [5, 5.41) is 2.73. The second-order valence-corrected chi connectivity index (χ2v) is 1.46. The van der Waals surface area contributed by atoms with Crippen molar-refractivity contribution < 1.29 is 14.3 Å². The van der Waals surface area contributed by atoms with Gasteiger partial charge >= 0.3 is 5.97 Å². The molecule has 5 heteroatoms. The van der Waals surface area contributed by atoms with Crippen LogP contribution >= 0.6 is 0 Å². The SMILES string of the molecule is CCOC(=O)C(C=O)N=N. The number of esters is 1. The molecule has 0 amide bonds. The molecule has 1 unspecified atom stereocenters. The molecule has 1 atom stereocenters. The number of ether oxygens (including phenoxy) is 1. The highest BCUT2D eigenvalue weighted by atomic mass is 16.5. The first kappa shape index (κ1) is 8.74. The van der Waals surface area contributed by atoms with Crippen LogP contribution in [0.1, 0.15) is 6.92 Å². The number of nitrogens with zero attached hydrogens (tertiary/aromatic N) is 1. The summed E-state index contributed by atoms with van der Waals surface area (Å²) in [6.07, 6.45) is 0.269. The van der Waals surface area contributed by atoms with Crippen molar-refractivity contribution in [2.24, 2.45) is 5.11 Å². The van der Waals surface area contributed by atoms with Gasteiger partial charge in [-0.3, -0.25) is 0 Å². The van der Waals surface area contributed by atoms with Crippen LogP contribution in [0.3, 0.4) is 0 Å². The molecule has 10 heavy (non-hydrogen) atoms. The van der Waals surface area contributed by atoms with Gasteiger partial charge in [-0.1, -0.05) is 0 Å². The van der Waals surface area contributed by atoms with Crippen LogP contribution in [0.15, 0.2) is 5.11 Å². The van der Waals surface area contributed by atoms with E-state index in [0.717, 1.165) is 0 Å². The Labute approximate surface area is 57.9 Å². The van der Waals surface area contributed by atoms with Gasteiger partial charge < -0.3 is 9.53 Å². The maximum absolute atomic E-state index is 10.5. The Bertz CT molecular complexity index is 138. The molecule has 5 nitrogen and oxygen atoms in total. The topological polar surface area (TPSA) is 79.6 Å². The van der Waals surface area contributed by atoms with Crippen LogP contribution in [0.25, 0.3) is 0 Å². The fourth-order valence-electron chi connectivity index (χ4n) is 0.366. The standard InChI is InChI=1S/C5H8N2O3/c1-2-10-5(9)4(3-8)7-6/h3-4,6H,2H2,1H3. The van der Waals surface area contributed by atoms with Gasteiger partial charge in [-0.15, -0.1) is 0 Å². The number of hydrogen-bond acceptors (Lipinski definition) is 5. The molecule has 0 aliphatic carbocycles. The first-order valence-electron chi connectivity index (χ1n) is 2.74. The number of carbonyl (C=O) groups is 2. The van der Waals surface area contributed by atoms with Crippen LogP contribution in [-0.4, -0.2) is 24.9 Å². The number of aldehydes is 1.